The van der Waals surface area contributed by atoms with Gasteiger partial charge in [-0.3, -0.25) is 0 Å². The van der Waals surface area contributed by atoms with Crippen LogP contribution < -0.4 is 5.73 Å². The van der Waals surface area contributed by atoms with Crippen LogP contribution in [0.1, 0.15) is 0 Å². The summed E-state index contributed by atoms with van der Waals surface area (Å²) in [5.41, 5.74) is 5.21. The van der Waals surface area contributed by atoms with Crippen LogP contribution in [0.25, 0.3) is 0 Å². The predicted molar refractivity (Wildman–Crippen MR) is 44.0 cm³/mol. The van der Waals surface area contributed by atoms with Crippen molar-refractivity contribution >= 4 is 16.3 Å². The lowest BCUT2D eigenvalue weighted by Crippen LogP contribution is -2.12. The van der Waals surface area contributed by atoms with E-state index < -0.39 is 0 Å². The fraction of sp³-hybridized carbons (Fsp3) is 1.00. The standard InChI is InChI=1S/C6H14NO2.Al.2H/c1-2-8-5-6-9-4-3-7;;;/h1-7H2;;;. The van der Waals surface area contributed by atoms with Gasteiger partial charge in [-0.05, 0) is 0 Å². The summed E-state index contributed by atoms with van der Waals surface area (Å²) in [6, 6.07) is 0. The van der Waals surface area contributed by atoms with Crippen molar-refractivity contribution in [2.45, 2.75) is 5.28 Å². The molecule has 0 unspecified atom stereocenters. The van der Waals surface area contributed by atoms with Crippen LogP contribution >= 0.6 is 0 Å². The van der Waals surface area contributed by atoms with Gasteiger partial charge in [0.2, 0.25) is 16.3 Å². The average molecular weight is 161 g/mol. The van der Waals surface area contributed by atoms with Crippen LogP contribution in [0.3, 0.4) is 0 Å². The third kappa shape index (κ3) is 8.41. The van der Waals surface area contributed by atoms with Crippen LogP contribution in [-0.2, 0) is 9.47 Å². The van der Waals surface area contributed by atoms with Gasteiger partial charge < -0.3 is 15.2 Å². The minimum Gasteiger partial charge on any atom is -0.380 e. The molecule has 0 atom stereocenters. The van der Waals surface area contributed by atoms with Crippen LogP contribution in [0, 0.1) is 0 Å². The lowest BCUT2D eigenvalue weighted by Gasteiger charge is -2.02. The zero-order chi connectivity index (χ0) is 7.66. The van der Waals surface area contributed by atoms with E-state index in [0.29, 0.717) is 26.4 Å². The highest BCUT2D eigenvalue weighted by Gasteiger charge is 1.86. The van der Waals surface area contributed by atoms with Crippen LogP contribution in [0.2, 0.25) is 5.28 Å². The molecule has 0 amide bonds. The second-order valence-electron chi connectivity index (χ2n) is 2.01. The summed E-state index contributed by atoms with van der Waals surface area (Å²) in [6.07, 6.45) is 0. The van der Waals surface area contributed by atoms with E-state index in [2.05, 4.69) is 0 Å². The highest BCUT2D eigenvalue weighted by molar-refractivity contribution is 6.08. The molecule has 0 saturated heterocycles. The first kappa shape index (κ1) is 10.4. The second-order valence-corrected chi connectivity index (χ2v) is 3.01. The Balaban J connectivity index is 2.65. The Bertz CT molecular complexity index is 55.7. The molecule has 0 rings (SSSR count). The third-order valence-corrected chi connectivity index (χ3v) is 1.39. The van der Waals surface area contributed by atoms with E-state index in [1.165, 1.54) is 21.6 Å². The Hall–Kier alpha value is 0.412. The molecule has 0 aromatic heterocycles. The highest BCUT2D eigenvalue weighted by Crippen LogP contribution is 1.79. The van der Waals surface area contributed by atoms with E-state index in [0.717, 1.165) is 6.61 Å². The fourth-order valence-corrected chi connectivity index (χ4v) is 0.838. The summed E-state index contributed by atoms with van der Waals surface area (Å²) < 4.78 is 10.3. The van der Waals surface area contributed by atoms with E-state index >= 15 is 0 Å². The minimum atomic E-state index is 0.598. The molecule has 0 bridgehead atoms. The van der Waals surface area contributed by atoms with Gasteiger partial charge in [0.05, 0.1) is 19.8 Å². The van der Waals surface area contributed by atoms with Crippen LogP contribution in [0.15, 0.2) is 0 Å². The van der Waals surface area contributed by atoms with Gasteiger partial charge in [0.1, 0.15) is 0 Å². The fourth-order valence-electron chi connectivity index (χ4n) is 0.550. The van der Waals surface area contributed by atoms with Gasteiger partial charge in [-0.15, -0.1) is 0 Å². The van der Waals surface area contributed by atoms with Crippen LogP contribution in [-0.4, -0.2) is 49.3 Å². The summed E-state index contributed by atoms with van der Waals surface area (Å²) in [4.78, 5) is 0. The maximum atomic E-state index is 5.21. The van der Waals surface area contributed by atoms with Crippen molar-refractivity contribution in [3.8, 4) is 0 Å². The van der Waals surface area contributed by atoms with Crippen molar-refractivity contribution in [1.29, 1.82) is 0 Å². The van der Waals surface area contributed by atoms with E-state index in [-0.39, 0.29) is 0 Å². The van der Waals surface area contributed by atoms with Gasteiger partial charge in [-0.2, -0.15) is 0 Å². The molecule has 0 saturated carbocycles. The molecule has 4 heteroatoms. The summed E-state index contributed by atoms with van der Waals surface area (Å²) in [6.45, 7) is 3.52. The molecule has 0 aliphatic heterocycles. The Labute approximate surface area is 70.3 Å². The first-order chi connectivity index (χ1) is 4.91. The molecule has 60 valence electrons. The first-order valence-electron chi connectivity index (χ1n) is 3.77. The van der Waals surface area contributed by atoms with E-state index in [9.17, 15) is 0 Å². The molecule has 0 heterocycles. The maximum absolute atomic E-state index is 5.21. The summed E-state index contributed by atoms with van der Waals surface area (Å²) in [5, 5.41) is 1.21. The zero-order valence-corrected chi connectivity index (χ0v) is 8.64. The Morgan fingerprint density at radius 2 is 1.60 bits per heavy atom. The number of nitrogens with two attached hydrogens (primary N) is 1. The second kappa shape index (κ2) is 9.41. The Morgan fingerprint density at radius 1 is 1.00 bits per heavy atom. The minimum absolute atomic E-state index is 0.598. The van der Waals surface area contributed by atoms with Crippen molar-refractivity contribution in [1.82, 2.24) is 0 Å². The molecular formula is C6H16AlNO2. The van der Waals surface area contributed by atoms with Crippen molar-refractivity contribution in [3.05, 3.63) is 0 Å². The van der Waals surface area contributed by atoms with Gasteiger partial charge in [0.25, 0.3) is 0 Å². The number of rotatable bonds is 7. The van der Waals surface area contributed by atoms with Crippen molar-refractivity contribution in [2.24, 2.45) is 5.73 Å². The largest absolute Gasteiger partial charge is 0.380 e. The van der Waals surface area contributed by atoms with Gasteiger partial charge in [-0.25, -0.2) is 0 Å². The van der Waals surface area contributed by atoms with Crippen molar-refractivity contribution < 1.29 is 9.47 Å². The third-order valence-electron chi connectivity index (χ3n) is 0.983. The lowest BCUT2D eigenvalue weighted by atomic mass is 10.7. The Morgan fingerprint density at radius 3 is 2.10 bits per heavy atom. The summed E-state index contributed by atoms with van der Waals surface area (Å²) in [7, 11) is 0. The topological polar surface area (TPSA) is 44.5 Å². The van der Waals surface area contributed by atoms with Gasteiger partial charge in [0.15, 0.2) is 0 Å². The normalized spacial score (nSPS) is 10.1. The number of hydrogen-bond acceptors (Lipinski definition) is 3. The van der Waals surface area contributed by atoms with Crippen molar-refractivity contribution in [3.63, 3.8) is 0 Å². The van der Waals surface area contributed by atoms with E-state index in [1.807, 2.05) is 0 Å². The highest BCUT2D eigenvalue weighted by atomic mass is 27.0. The zero-order valence-electron chi connectivity index (χ0n) is 6.64. The average Bonchev–Trinajstić information content (AvgIpc) is 1.97. The molecule has 0 aliphatic carbocycles. The molecule has 10 heavy (non-hydrogen) atoms. The molecule has 0 spiro atoms. The SMILES string of the molecule is NCCOCCOC[CH2][AlH2]. The van der Waals surface area contributed by atoms with Crippen molar-refractivity contribution in [2.75, 3.05) is 33.0 Å². The molecule has 3 nitrogen and oxygen atoms in total. The molecule has 0 fully saturated rings. The summed E-state index contributed by atoms with van der Waals surface area (Å²) >= 11 is 1.22. The van der Waals surface area contributed by atoms with E-state index in [1.54, 1.807) is 0 Å². The maximum Gasteiger partial charge on any atom is 0.215 e. The summed E-state index contributed by atoms with van der Waals surface area (Å²) in [5.74, 6) is 0. The Kier molecular flexibility index (Phi) is 9.80. The monoisotopic (exact) mass is 161 g/mol. The quantitative estimate of drug-likeness (QED) is 0.386. The van der Waals surface area contributed by atoms with Crippen LogP contribution in [0.5, 0.6) is 0 Å². The molecule has 0 aliphatic rings. The first-order valence-corrected chi connectivity index (χ1v) is 5.18. The molecule has 0 aromatic rings. The smallest absolute Gasteiger partial charge is 0.215 e. The molecule has 0 aromatic carbocycles. The van der Waals surface area contributed by atoms with Gasteiger partial charge in [-0.1, -0.05) is 5.28 Å². The predicted octanol–water partition coefficient (Wildman–Crippen LogP) is -0.970. The molecular weight excluding hydrogens is 145 g/mol. The molecule has 0 radical (unpaired) electrons. The lowest BCUT2D eigenvalue weighted by molar-refractivity contribution is 0.0562. The van der Waals surface area contributed by atoms with Gasteiger partial charge >= 0.3 is 0 Å². The number of ether oxygens (including phenoxy) is 2. The van der Waals surface area contributed by atoms with Gasteiger partial charge in [0, 0.05) is 13.2 Å². The van der Waals surface area contributed by atoms with Crippen LogP contribution in [0.4, 0.5) is 0 Å². The molecule has 2 N–H and O–H groups in total. The number of hydrogen-bond donors (Lipinski definition) is 1. The van der Waals surface area contributed by atoms with E-state index in [4.69, 9.17) is 15.2 Å².